The number of amides is 1. The largest absolute Gasteiger partial charge is 0.383 e. The second-order valence-corrected chi connectivity index (χ2v) is 12.6. The second-order valence-electron chi connectivity index (χ2n) is 8.89. The molecule has 1 aliphatic heterocycles. The van der Waals surface area contributed by atoms with Gasteiger partial charge in [0.15, 0.2) is 5.16 Å². The van der Waals surface area contributed by atoms with E-state index in [-0.39, 0.29) is 16.9 Å². The first-order valence-corrected chi connectivity index (χ1v) is 15.2. The number of halogens is 1. The molecule has 0 saturated heterocycles. The smallest absolute Gasteiger partial charge is 0.234 e. The summed E-state index contributed by atoms with van der Waals surface area (Å²) in [5.74, 6) is 0.506. The van der Waals surface area contributed by atoms with E-state index < -0.39 is 0 Å². The maximum atomic E-state index is 12.5. The summed E-state index contributed by atoms with van der Waals surface area (Å²) < 4.78 is 0. The van der Waals surface area contributed by atoms with Crippen LogP contribution in [0.4, 0.5) is 11.5 Å². The van der Waals surface area contributed by atoms with E-state index >= 15 is 0 Å². The van der Waals surface area contributed by atoms with Crippen LogP contribution in [0.5, 0.6) is 0 Å². The molecule has 0 bridgehead atoms. The van der Waals surface area contributed by atoms with Crippen LogP contribution in [0.25, 0.3) is 10.2 Å². The second kappa shape index (κ2) is 11.0. The average molecular weight is 575 g/mol. The van der Waals surface area contributed by atoms with Gasteiger partial charge in [0.25, 0.3) is 0 Å². The molecule has 3 aromatic carbocycles. The summed E-state index contributed by atoms with van der Waals surface area (Å²) in [7, 11) is 0. The Bertz CT molecular complexity index is 1590. The third kappa shape index (κ3) is 5.27. The lowest BCUT2D eigenvalue weighted by atomic mass is 9.98. The number of hydrogen-bond acceptors (Lipinski definition) is 7. The number of nitrogens with zero attached hydrogens (tertiary/aromatic N) is 2. The van der Waals surface area contributed by atoms with Crippen molar-refractivity contribution in [3.05, 3.63) is 112 Å². The minimum Gasteiger partial charge on any atom is -0.383 e. The van der Waals surface area contributed by atoms with Gasteiger partial charge in [0, 0.05) is 20.8 Å². The molecule has 1 aliphatic rings. The average Bonchev–Trinajstić information content (AvgIpc) is 3.32. The van der Waals surface area contributed by atoms with Gasteiger partial charge in [0.1, 0.15) is 10.6 Å². The fraction of sp³-hybridized carbons (Fsp3) is 0.138. The van der Waals surface area contributed by atoms with Crippen LogP contribution < -0.4 is 11.1 Å². The number of nitrogen functional groups attached to an aromatic ring is 1. The topological polar surface area (TPSA) is 80.9 Å². The highest BCUT2D eigenvalue weighted by Gasteiger charge is 2.34. The predicted molar refractivity (Wildman–Crippen MR) is 161 cm³/mol. The number of hydrogen-bond donors (Lipinski definition) is 2. The Balaban J connectivity index is 1.30. The highest BCUT2D eigenvalue weighted by molar-refractivity contribution is 8.00. The standard InChI is InChI=1S/C29H23ClN4OS3/c30-19-11-13-20(14-12-19)32-23(35)16-36-29-33-27(31)24-21-15-22(17-7-3-1-4-8-17)37-25(18-9-5-2-6-10-18)26(21)38-28(24)34-29/h1-14,22,25H,15-16H2,(H,32,35)(H2,31,33,34)/t22-,25+/m0/s1. The number of rotatable bonds is 6. The molecule has 0 unspecified atom stereocenters. The SMILES string of the molecule is Nc1nc(SCC(=O)Nc2ccc(Cl)cc2)nc2sc3c(c12)C[C@@H](c1ccccc1)S[C@@H]3c1ccccc1. The summed E-state index contributed by atoms with van der Waals surface area (Å²) in [5, 5.41) is 5.43. The van der Waals surface area contributed by atoms with E-state index in [2.05, 4.69) is 64.9 Å². The number of nitrogens with one attached hydrogen (secondary N) is 1. The first-order valence-electron chi connectivity index (χ1n) is 12.1. The normalized spacial score (nSPS) is 16.8. The molecule has 5 aromatic rings. The van der Waals surface area contributed by atoms with Crippen molar-refractivity contribution in [2.75, 3.05) is 16.8 Å². The van der Waals surface area contributed by atoms with Crippen LogP contribution in [0.15, 0.2) is 90.1 Å². The number of anilines is 2. The van der Waals surface area contributed by atoms with Crippen molar-refractivity contribution in [3.8, 4) is 0 Å². The molecule has 3 heterocycles. The molecule has 9 heteroatoms. The molecule has 2 aromatic heterocycles. The number of thiophene rings is 1. The number of carbonyl (C=O) groups excluding carboxylic acids is 1. The first-order chi connectivity index (χ1) is 18.5. The van der Waals surface area contributed by atoms with Crippen molar-refractivity contribution in [3.63, 3.8) is 0 Å². The fourth-order valence-corrected chi connectivity index (χ4v) is 8.46. The van der Waals surface area contributed by atoms with Gasteiger partial charge in [0.05, 0.1) is 16.4 Å². The van der Waals surface area contributed by atoms with Crippen molar-refractivity contribution in [2.45, 2.75) is 22.1 Å². The van der Waals surface area contributed by atoms with Crippen molar-refractivity contribution < 1.29 is 4.79 Å². The minimum atomic E-state index is -0.142. The molecule has 190 valence electrons. The zero-order chi connectivity index (χ0) is 26.1. The van der Waals surface area contributed by atoms with Gasteiger partial charge in [-0.05, 0) is 47.4 Å². The molecular formula is C29H23ClN4OS3. The molecule has 0 spiro atoms. The van der Waals surface area contributed by atoms with Crippen molar-refractivity contribution >= 4 is 74.1 Å². The first kappa shape index (κ1) is 25.2. The predicted octanol–water partition coefficient (Wildman–Crippen LogP) is 7.78. The molecule has 3 N–H and O–H groups in total. The number of carbonyl (C=O) groups is 1. The monoisotopic (exact) mass is 574 g/mol. The maximum Gasteiger partial charge on any atom is 0.234 e. The van der Waals surface area contributed by atoms with E-state index in [4.69, 9.17) is 22.3 Å². The van der Waals surface area contributed by atoms with E-state index in [0.717, 1.165) is 16.6 Å². The Hall–Kier alpha value is -3.04. The van der Waals surface area contributed by atoms with Gasteiger partial charge in [-0.2, -0.15) is 0 Å². The number of thioether (sulfide) groups is 2. The summed E-state index contributed by atoms with van der Waals surface area (Å²) in [5.41, 5.74) is 11.1. The Morgan fingerprint density at radius 2 is 1.66 bits per heavy atom. The van der Waals surface area contributed by atoms with Crippen LogP contribution >= 0.6 is 46.5 Å². The molecule has 0 aliphatic carbocycles. The number of benzene rings is 3. The number of nitrogens with two attached hydrogens (primary N) is 1. The van der Waals surface area contributed by atoms with E-state index in [1.807, 2.05) is 17.8 Å². The van der Waals surface area contributed by atoms with E-state index in [1.54, 1.807) is 35.6 Å². The zero-order valence-corrected chi connectivity index (χ0v) is 23.3. The summed E-state index contributed by atoms with van der Waals surface area (Å²) in [6.07, 6.45) is 0.872. The van der Waals surface area contributed by atoms with E-state index in [0.29, 0.717) is 26.9 Å². The minimum absolute atomic E-state index is 0.142. The highest BCUT2D eigenvalue weighted by atomic mass is 35.5. The fourth-order valence-electron chi connectivity index (χ4n) is 4.60. The van der Waals surface area contributed by atoms with Gasteiger partial charge in [-0.3, -0.25) is 4.79 Å². The molecule has 38 heavy (non-hydrogen) atoms. The van der Waals surface area contributed by atoms with E-state index in [1.165, 1.54) is 33.3 Å². The van der Waals surface area contributed by atoms with Gasteiger partial charge in [0.2, 0.25) is 5.91 Å². The lowest BCUT2D eigenvalue weighted by Crippen LogP contribution is -2.14. The molecule has 5 nitrogen and oxygen atoms in total. The van der Waals surface area contributed by atoms with Crippen molar-refractivity contribution in [2.24, 2.45) is 0 Å². The Morgan fingerprint density at radius 1 is 0.974 bits per heavy atom. The van der Waals surface area contributed by atoms with Crippen LogP contribution in [-0.4, -0.2) is 21.6 Å². The van der Waals surface area contributed by atoms with Crippen LogP contribution in [0, 0.1) is 0 Å². The van der Waals surface area contributed by atoms with Gasteiger partial charge in [-0.1, -0.05) is 84.0 Å². The Labute approximate surface area is 238 Å². The molecule has 0 radical (unpaired) electrons. The molecule has 6 rings (SSSR count). The van der Waals surface area contributed by atoms with Gasteiger partial charge in [-0.25, -0.2) is 9.97 Å². The lowest BCUT2D eigenvalue weighted by molar-refractivity contribution is -0.113. The zero-order valence-electron chi connectivity index (χ0n) is 20.1. The van der Waals surface area contributed by atoms with Gasteiger partial charge in [-0.15, -0.1) is 23.1 Å². The number of fused-ring (bicyclic) bond motifs is 3. The summed E-state index contributed by atoms with van der Waals surface area (Å²) in [4.78, 5) is 24.1. The summed E-state index contributed by atoms with van der Waals surface area (Å²) >= 11 is 10.9. The van der Waals surface area contributed by atoms with Crippen LogP contribution in [0.2, 0.25) is 5.02 Å². The number of aromatic nitrogens is 2. The third-order valence-electron chi connectivity index (χ3n) is 6.35. The lowest BCUT2D eigenvalue weighted by Gasteiger charge is -2.30. The molecule has 1 amide bonds. The van der Waals surface area contributed by atoms with Crippen LogP contribution in [-0.2, 0) is 11.2 Å². The van der Waals surface area contributed by atoms with Crippen molar-refractivity contribution in [1.82, 2.24) is 9.97 Å². The summed E-state index contributed by atoms with van der Waals surface area (Å²) in [6.45, 7) is 0. The van der Waals surface area contributed by atoms with Crippen LogP contribution in [0.1, 0.15) is 32.1 Å². The molecular weight excluding hydrogens is 552 g/mol. The van der Waals surface area contributed by atoms with Gasteiger partial charge >= 0.3 is 0 Å². The molecule has 2 atom stereocenters. The Kier molecular flexibility index (Phi) is 7.30. The van der Waals surface area contributed by atoms with Crippen molar-refractivity contribution in [1.29, 1.82) is 0 Å². The maximum absolute atomic E-state index is 12.5. The quantitative estimate of drug-likeness (QED) is 0.159. The Morgan fingerprint density at radius 3 is 2.37 bits per heavy atom. The third-order valence-corrected chi connectivity index (χ3v) is 10.3. The molecule has 0 saturated carbocycles. The van der Waals surface area contributed by atoms with E-state index in [9.17, 15) is 4.79 Å². The van der Waals surface area contributed by atoms with Gasteiger partial charge < -0.3 is 11.1 Å². The summed E-state index contributed by atoms with van der Waals surface area (Å²) in [6, 6.07) is 28.3. The molecule has 0 fully saturated rings. The highest BCUT2D eigenvalue weighted by Crippen LogP contribution is 2.55. The van der Waals surface area contributed by atoms with Crippen LogP contribution in [0.3, 0.4) is 0 Å².